The van der Waals surface area contributed by atoms with Crippen molar-refractivity contribution in [3.8, 4) is 0 Å². The van der Waals surface area contributed by atoms with E-state index in [1.807, 2.05) is 0 Å². The van der Waals surface area contributed by atoms with Gasteiger partial charge < -0.3 is 14.8 Å². The van der Waals surface area contributed by atoms with E-state index in [0.717, 1.165) is 32.1 Å². The lowest BCUT2D eigenvalue weighted by Gasteiger charge is -2.35. The molecule has 1 fully saturated rings. The van der Waals surface area contributed by atoms with Gasteiger partial charge in [-0.1, -0.05) is 6.07 Å². The fraction of sp³-hybridized carbons (Fsp3) is 0.500. The maximum absolute atomic E-state index is 12.8. The van der Waals surface area contributed by atoms with Gasteiger partial charge in [-0.15, -0.1) is 0 Å². The van der Waals surface area contributed by atoms with E-state index in [1.54, 1.807) is 24.5 Å². The maximum atomic E-state index is 12.8. The number of aryl methyl sites for hydroxylation is 3. The van der Waals surface area contributed by atoms with Gasteiger partial charge in [0.15, 0.2) is 5.78 Å². The number of nitrogens with zero attached hydrogens (tertiary/aromatic N) is 2. The molecule has 35 heavy (non-hydrogen) atoms. The molecule has 0 radical (unpaired) electrons. The fourth-order valence-corrected chi connectivity index (χ4v) is 5.38. The molecule has 3 aromatic rings. The molecule has 5 rings (SSSR count). The van der Waals surface area contributed by atoms with Crippen LogP contribution in [-0.2, 0) is 28.8 Å². The average Bonchev–Trinajstić information content (AvgIpc) is 3.32. The molecule has 7 nitrogen and oxygen atoms in total. The summed E-state index contributed by atoms with van der Waals surface area (Å²) >= 11 is 0. The number of fused-ring (bicyclic) bond motifs is 2. The molecule has 3 aromatic heterocycles. The molecule has 2 aliphatic carbocycles. The van der Waals surface area contributed by atoms with Crippen molar-refractivity contribution in [2.24, 2.45) is 11.8 Å². The highest BCUT2D eigenvalue weighted by atomic mass is 16.5. The number of aliphatic carboxylic acids is 1. The van der Waals surface area contributed by atoms with E-state index < -0.39 is 11.9 Å². The number of carboxylic acid groups (broad SMARTS) is 1. The van der Waals surface area contributed by atoms with Crippen LogP contribution in [0.25, 0.3) is 11.0 Å². The third kappa shape index (κ3) is 5.61. The second kappa shape index (κ2) is 10.7. The number of pyridine rings is 2. The van der Waals surface area contributed by atoms with Crippen LogP contribution in [0.2, 0.25) is 0 Å². The topological polar surface area (TPSA) is 105 Å². The highest BCUT2D eigenvalue weighted by Crippen LogP contribution is 2.34. The van der Waals surface area contributed by atoms with Gasteiger partial charge >= 0.3 is 5.97 Å². The quantitative estimate of drug-likeness (QED) is 0.381. The van der Waals surface area contributed by atoms with Crippen molar-refractivity contribution in [1.82, 2.24) is 15.0 Å². The van der Waals surface area contributed by atoms with Crippen molar-refractivity contribution in [3.63, 3.8) is 0 Å². The number of carbonyl (C=O) groups excluding carboxylic acids is 1. The number of ether oxygens (including phenoxy) is 1. The van der Waals surface area contributed by atoms with Crippen LogP contribution in [-0.4, -0.2) is 44.5 Å². The van der Waals surface area contributed by atoms with Crippen LogP contribution in [0, 0.1) is 11.8 Å². The minimum atomic E-state index is -0.956. The standard InChI is InChI=1S/C28H33N3O4/c32-26(23-9-12-29-25-10-13-30-27(23)25)17-20(28(33)34)11-14-35-22-15-18(16-22)5-7-21-8-6-19-3-1-2-4-24(19)31-21/h6,8-10,12-13,18,20,22,30H,1-5,7,11,14-17H2,(H,33,34). The Kier molecular flexibility index (Phi) is 7.23. The molecule has 1 saturated carbocycles. The molecular formula is C28H33N3O4. The van der Waals surface area contributed by atoms with Crippen molar-refractivity contribution in [1.29, 1.82) is 0 Å². The first-order valence-electron chi connectivity index (χ1n) is 12.8. The predicted octanol–water partition coefficient (Wildman–Crippen LogP) is 4.93. The number of hydrogen-bond acceptors (Lipinski definition) is 5. The fourth-order valence-electron chi connectivity index (χ4n) is 5.38. The third-order valence-corrected chi connectivity index (χ3v) is 7.59. The number of hydrogen-bond donors (Lipinski definition) is 2. The van der Waals surface area contributed by atoms with E-state index in [-0.39, 0.29) is 18.3 Å². The molecule has 0 spiro atoms. The van der Waals surface area contributed by atoms with Crippen LogP contribution in [0.3, 0.4) is 0 Å². The molecule has 0 amide bonds. The van der Waals surface area contributed by atoms with Crippen LogP contribution in [0.5, 0.6) is 0 Å². The zero-order valence-corrected chi connectivity index (χ0v) is 20.0. The van der Waals surface area contributed by atoms with Crippen LogP contribution in [0.4, 0.5) is 0 Å². The van der Waals surface area contributed by atoms with Gasteiger partial charge in [0.2, 0.25) is 0 Å². The van der Waals surface area contributed by atoms with Gasteiger partial charge in [0, 0.05) is 42.4 Å². The van der Waals surface area contributed by atoms with Gasteiger partial charge in [0.05, 0.1) is 23.1 Å². The van der Waals surface area contributed by atoms with Crippen molar-refractivity contribution in [3.05, 3.63) is 59.2 Å². The predicted molar refractivity (Wildman–Crippen MR) is 132 cm³/mol. The largest absolute Gasteiger partial charge is 0.481 e. The summed E-state index contributed by atoms with van der Waals surface area (Å²) in [6.45, 7) is 0.363. The van der Waals surface area contributed by atoms with Gasteiger partial charge in [0.25, 0.3) is 0 Å². The number of H-pyrrole nitrogens is 1. The van der Waals surface area contributed by atoms with E-state index in [9.17, 15) is 14.7 Å². The van der Waals surface area contributed by atoms with Gasteiger partial charge in [-0.3, -0.25) is 19.6 Å². The van der Waals surface area contributed by atoms with E-state index in [0.29, 0.717) is 35.5 Å². The van der Waals surface area contributed by atoms with E-state index >= 15 is 0 Å². The Morgan fingerprint density at radius 1 is 1.14 bits per heavy atom. The normalized spacial score (nSPS) is 20.2. The Labute approximate surface area is 205 Å². The molecular weight excluding hydrogens is 442 g/mol. The molecule has 2 N–H and O–H groups in total. The number of carbonyl (C=O) groups is 2. The maximum Gasteiger partial charge on any atom is 0.307 e. The van der Waals surface area contributed by atoms with E-state index in [4.69, 9.17) is 9.72 Å². The summed E-state index contributed by atoms with van der Waals surface area (Å²) in [5.41, 5.74) is 5.78. The van der Waals surface area contributed by atoms with Gasteiger partial charge in [-0.05, 0) is 87.5 Å². The average molecular weight is 476 g/mol. The van der Waals surface area contributed by atoms with Crippen molar-refractivity contribution < 1.29 is 19.4 Å². The molecule has 0 saturated heterocycles. The summed E-state index contributed by atoms with van der Waals surface area (Å²) in [6.07, 6.45) is 12.8. The Hall–Kier alpha value is -3.06. The summed E-state index contributed by atoms with van der Waals surface area (Å²) < 4.78 is 5.95. The number of aromatic nitrogens is 3. The lowest BCUT2D eigenvalue weighted by Crippen LogP contribution is -2.32. The van der Waals surface area contributed by atoms with Crippen LogP contribution >= 0.6 is 0 Å². The molecule has 0 bridgehead atoms. The molecule has 3 heterocycles. The monoisotopic (exact) mass is 475 g/mol. The highest BCUT2D eigenvalue weighted by Gasteiger charge is 2.30. The summed E-state index contributed by atoms with van der Waals surface area (Å²) in [7, 11) is 0. The molecule has 0 aromatic carbocycles. The van der Waals surface area contributed by atoms with Crippen molar-refractivity contribution >= 4 is 22.8 Å². The van der Waals surface area contributed by atoms with Crippen LogP contribution in [0.15, 0.2) is 36.7 Å². The van der Waals surface area contributed by atoms with Gasteiger partial charge in [0.1, 0.15) is 0 Å². The zero-order chi connectivity index (χ0) is 24.2. The Morgan fingerprint density at radius 3 is 2.86 bits per heavy atom. The highest BCUT2D eigenvalue weighted by molar-refractivity contribution is 6.06. The second-order valence-electron chi connectivity index (χ2n) is 10.0. The van der Waals surface area contributed by atoms with Crippen molar-refractivity contribution in [2.75, 3.05) is 6.61 Å². The first kappa shape index (κ1) is 23.7. The Balaban J connectivity index is 1.03. The number of ketones is 1. The first-order chi connectivity index (χ1) is 17.1. The summed E-state index contributed by atoms with van der Waals surface area (Å²) in [5, 5.41) is 9.64. The molecule has 1 unspecified atom stereocenters. The lowest BCUT2D eigenvalue weighted by atomic mass is 9.79. The second-order valence-corrected chi connectivity index (χ2v) is 10.0. The molecule has 1 atom stereocenters. The number of nitrogens with one attached hydrogen (secondary N) is 1. The number of Topliss-reactive ketones (excluding diaryl/α,β-unsaturated/α-hetero) is 1. The SMILES string of the molecule is O=C(CC(CCOC1CC(CCc2ccc3c(n2)CCCC3)C1)C(=O)O)c1ccnc2cc[nH]c12. The van der Waals surface area contributed by atoms with Crippen LogP contribution in [0.1, 0.15) is 72.3 Å². The number of rotatable bonds is 11. The molecule has 184 valence electrons. The third-order valence-electron chi connectivity index (χ3n) is 7.59. The van der Waals surface area contributed by atoms with Crippen LogP contribution < -0.4 is 0 Å². The Morgan fingerprint density at radius 2 is 2.00 bits per heavy atom. The summed E-state index contributed by atoms with van der Waals surface area (Å²) in [5.74, 6) is -1.26. The zero-order valence-electron chi connectivity index (χ0n) is 20.0. The lowest BCUT2D eigenvalue weighted by molar-refractivity contribution is -0.142. The first-order valence-corrected chi connectivity index (χ1v) is 12.8. The van der Waals surface area contributed by atoms with Gasteiger partial charge in [-0.2, -0.15) is 0 Å². The summed E-state index contributed by atoms with van der Waals surface area (Å²) in [4.78, 5) is 36.7. The number of carboxylic acids is 1. The number of aromatic amines is 1. The molecule has 2 aliphatic rings. The minimum Gasteiger partial charge on any atom is -0.481 e. The van der Waals surface area contributed by atoms with E-state index in [2.05, 4.69) is 22.1 Å². The smallest absolute Gasteiger partial charge is 0.307 e. The molecule has 0 aliphatic heterocycles. The summed E-state index contributed by atoms with van der Waals surface area (Å²) in [6, 6.07) is 7.90. The van der Waals surface area contributed by atoms with Gasteiger partial charge in [-0.25, -0.2) is 0 Å². The Bertz CT molecular complexity index is 1200. The molecule has 7 heteroatoms. The van der Waals surface area contributed by atoms with E-state index in [1.165, 1.54) is 36.2 Å². The van der Waals surface area contributed by atoms with Crippen molar-refractivity contribution in [2.45, 2.75) is 70.3 Å². The minimum absolute atomic E-state index is 0.0438.